The predicted molar refractivity (Wildman–Crippen MR) is 97.9 cm³/mol. The molecule has 0 saturated carbocycles. The van der Waals surface area contributed by atoms with Crippen LogP contribution in [-0.4, -0.2) is 29.1 Å². The van der Waals surface area contributed by atoms with Crippen molar-refractivity contribution >= 4 is 24.2 Å². The molecule has 7 heteroatoms. The Hall–Kier alpha value is -3.61. The first-order valence-electron chi connectivity index (χ1n) is 7.51. The van der Waals surface area contributed by atoms with Crippen LogP contribution in [0.25, 0.3) is 0 Å². The molecule has 0 spiro atoms. The Kier molecular flexibility index (Phi) is 4.75. The van der Waals surface area contributed by atoms with Crippen molar-refractivity contribution in [3.8, 4) is 0 Å². The Morgan fingerprint density at radius 2 is 2.00 bits per heavy atom. The van der Waals surface area contributed by atoms with Crippen LogP contribution >= 0.6 is 0 Å². The Morgan fingerprint density at radius 3 is 2.68 bits per heavy atom. The molecule has 25 heavy (non-hydrogen) atoms. The van der Waals surface area contributed by atoms with Crippen LogP contribution in [0.5, 0.6) is 0 Å². The molecule has 0 amide bonds. The summed E-state index contributed by atoms with van der Waals surface area (Å²) in [5.74, 6) is 0.522. The molecule has 1 aliphatic heterocycles. The van der Waals surface area contributed by atoms with Gasteiger partial charge in [-0.1, -0.05) is 24.3 Å². The third-order valence-corrected chi connectivity index (χ3v) is 3.43. The molecular formula is C18H16N6O. The normalized spacial score (nSPS) is 15.7. The Balaban J connectivity index is 1.94. The standard InChI is InChI=1S/C18H16N6O/c1-12(14-9-6-10-21-11-14)22-15(16(19)20-2)18-24-23-17(25-18)13-7-4-3-5-8-13/h3-11,19,24H,2H2,1H3. The summed E-state index contributed by atoms with van der Waals surface area (Å²) in [6.45, 7) is 5.22. The van der Waals surface area contributed by atoms with Crippen molar-refractivity contribution < 1.29 is 4.74 Å². The van der Waals surface area contributed by atoms with Crippen molar-refractivity contribution in [2.75, 3.05) is 0 Å². The Labute approximate surface area is 145 Å². The summed E-state index contributed by atoms with van der Waals surface area (Å²) < 4.78 is 5.74. The molecule has 2 N–H and O–H groups in total. The summed E-state index contributed by atoms with van der Waals surface area (Å²) in [5.41, 5.74) is 5.30. The lowest BCUT2D eigenvalue weighted by molar-refractivity contribution is 0.412. The number of amidine groups is 1. The fourth-order valence-corrected chi connectivity index (χ4v) is 2.14. The topological polar surface area (TPSA) is 95.1 Å². The zero-order valence-electron chi connectivity index (χ0n) is 13.6. The van der Waals surface area contributed by atoms with E-state index in [4.69, 9.17) is 10.1 Å². The second kappa shape index (κ2) is 7.31. The van der Waals surface area contributed by atoms with Crippen LogP contribution in [0, 0.1) is 5.41 Å². The third-order valence-electron chi connectivity index (χ3n) is 3.43. The van der Waals surface area contributed by atoms with Crippen LogP contribution in [0.1, 0.15) is 18.1 Å². The van der Waals surface area contributed by atoms with Gasteiger partial charge >= 0.3 is 0 Å². The highest BCUT2D eigenvalue weighted by molar-refractivity contribution is 6.06. The van der Waals surface area contributed by atoms with Gasteiger partial charge < -0.3 is 4.74 Å². The summed E-state index contributed by atoms with van der Waals surface area (Å²) in [6, 6.07) is 13.2. The van der Waals surface area contributed by atoms with Crippen molar-refractivity contribution in [2.45, 2.75) is 6.92 Å². The molecule has 0 bridgehead atoms. The summed E-state index contributed by atoms with van der Waals surface area (Å²) in [6.07, 6.45) is 3.38. The SMILES string of the molecule is C=NC(=N)C(N=C(C)c1cccnc1)=C1NN=C(c2ccccc2)O1. The highest BCUT2D eigenvalue weighted by atomic mass is 16.5. The summed E-state index contributed by atoms with van der Waals surface area (Å²) >= 11 is 0. The maximum absolute atomic E-state index is 8.01. The van der Waals surface area contributed by atoms with Gasteiger partial charge in [-0.2, -0.15) is 0 Å². The molecule has 1 aromatic carbocycles. The predicted octanol–water partition coefficient (Wildman–Crippen LogP) is 2.72. The number of benzene rings is 1. The highest BCUT2D eigenvalue weighted by Crippen LogP contribution is 2.17. The molecule has 0 aliphatic carbocycles. The zero-order chi connectivity index (χ0) is 17.6. The lowest BCUT2D eigenvalue weighted by Crippen LogP contribution is -2.11. The number of hydrogen-bond acceptors (Lipinski definition) is 6. The summed E-state index contributed by atoms with van der Waals surface area (Å²) in [4.78, 5) is 12.2. The van der Waals surface area contributed by atoms with E-state index in [0.29, 0.717) is 11.6 Å². The van der Waals surface area contributed by atoms with Gasteiger partial charge in [-0.3, -0.25) is 10.4 Å². The first kappa shape index (κ1) is 16.3. The van der Waals surface area contributed by atoms with E-state index < -0.39 is 0 Å². The van der Waals surface area contributed by atoms with E-state index in [0.717, 1.165) is 11.1 Å². The molecule has 1 aromatic heterocycles. The first-order valence-corrected chi connectivity index (χ1v) is 7.51. The quantitative estimate of drug-likeness (QED) is 0.665. The molecule has 0 saturated heterocycles. The smallest absolute Gasteiger partial charge is 0.245 e. The number of aliphatic imine (C=N–C) groups is 2. The average Bonchev–Trinajstić information content (AvgIpc) is 3.16. The van der Waals surface area contributed by atoms with Crippen molar-refractivity contribution in [1.82, 2.24) is 10.4 Å². The summed E-state index contributed by atoms with van der Waals surface area (Å²) in [5, 5.41) is 12.2. The number of nitrogens with one attached hydrogen (secondary N) is 2. The molecular weight excluding hydrogens is 316 g/mol. The number of nitrogens with zero attached hydrogens (tertiary/aromatic N) is 4. The first-order chi connectivity index (χ1) is 12.2. The fraction of sp³-hybridized carbons (Fsp3) is 0.0556. The molecule has 3 rings (SSSR count). The van der Waals surface area contributed by atoms with E-state index in [1.54, 1.807) is 12.4 Å². The number of hydrazone groups is 1. The van der Waals surface area contributed by atoms with E-state index in [1.807, 2.05) is 49.4 Å². The van der Waals surface area contributed by atoms with E-state index in [-0.39, 0.29) is 17.4 Å². The number of ether oxygens (including phenoxy) is 1. The van der Waals surface area contributed by atoms with Crippen molar-refractivity contribution in [2.24, 2.45) is 15.1 Å². The van der Waals surface area contributed by atoms with Crippen molar-refractivity contribution in [3.63, 3.8) is 0 Å². The van der Waals surface area contributed by atoms with Gasteiger partial charge in [-0.05, 0) is 31.8 Å². The maximum atomic E-state index is 8.01. The van der Waals surface area contributed by atoms with E-state index >= 15 is 0 Å². The van der Waals surface area contributed by atoms with Gasteiger partial charge in [-0.15, -0.1) is 5.10 Å². The Bertz CT molecular complexity index is 884. The molecule has 124 valence electrons. The van der Waals surface area contributed by atoms with Crippen molar-refractivity contribution in [1.29, 1.82) is 5.41 Å². The third kappa shape index (κ3) is 3.66. The number of pyridine rings is 1. The molecule has 0 atom stereocenters. The van der Waals surface area contributed by atoms with Gasteiger partial charge in [0.1, 0.15) is 0 Å². The van der Waals surface area contributed by atoms with E-state index in [9.17, 15) is 0 Å². The lowest BCUT2D eigenvalue weighted by Gasteiger charge is -2.07. The van der Waals surface area contributed by atoms with E-state index in [1.165, 1.54) is 0 Å². The number of hydrogen-bond donors (Lipinski definition) is 2. The monoisotopic (exact) mass is 332 g/mol. The van der Waals surface area contributed by atoms with Gasteiger partial charge in [0.15, 0.2) is 11.5 Å². The largest absolute Gasteiger partial charge is 0.417 e. The van der Waals surface area contributed by atoms with Gasteiger partial charge in [0.2, 0.25) is 11.8 Å². The van der Waals surface area contributed by atoms with Crippen LogP contribution in [0.2, 0.25) is 0 Å². The molecule has 0 unspecified atom stereocenters. The Morgan fingerprint density at radius 1 is 1.20 bits per heavy atom. The fourth-order valence-electron chi connectivity index (χ4n) is 2.14. The van der Waals surface area contributed by atoms with Gasteiger partial charge in [0.05, 0.1) is 0 Å². The van der Waals surface area contributed by atoms with E-state index in [2.05, 4.69) is 32.2 Å². The molecule has 2 aromatic rings. The molecule has 0 fully saturated rings. The minimum atomic E-state index is -0.116. The molecule has 1 aliphatic rings. The lowest BCUT2D eigenvalue weighted by atomic mass is 10.2. The second-order valence-corrected chi connectivity index (χ2v) is 5.12. The molecule has 2 heterocycles. The van der Waals surface area contributed by atoms with Crippen molar-refractivity contribution in [3.05, 3.63) is 77.6 Å². The zero-order valence-corrected chi connectivity index (χ0v) is 13.6. The second-order valence-electron chi connectivity index (χ2n) is 5.12. The average molecular weight is 332 g/mol. The van der Waals surface area contributed by atoms with Gasteiger partial charge in [0, 0.05) is 29.2 Å². The minimum absolute atomic E-state index is 0.116. The number of aromatic nitrogens is 1. The molecule has 7 nitrogen and oxygen atoms in total. The van der Waals surface area contributed by atoms with Crippen LogP contribution in [0.15, 0.2) is 81.5 Å². The van der Waals surface area contributed by atoms with Crippen LogP contribution in [0.4, 0.5) is 0 Å². The van der Waals surface area contributed by atoms with Gasteiger partial charge in [-0.25, -0.2) is 15.4 Å². The summed E-state index contributed by atoms with van der Waals surface area (Å²) in [7, 11) is 0. The van der Waals surface area contributed by atoms with Crippen LogP contribution in [-0.2, 0) is 4.74 Å². The minimum Gasteiger partial charge on any atom is -0.417 e. The van der Waals surface area contributed by atoms with Crippen LogP contribution in [0.3, 0.4) is 0 Å². The van der Waals surface area contributed by atoms with Crippen LogP contribution < -0.4 is 5.43 Å². The number of rotatable bonds is 4. The maximum Gasteiger partial charge on any atom is 0.245 e. The van der Waals surface area contributed by atoms with Gasteiger partial charge in [0.25, 0.3) is 0 Å². The highest BCUT2D eigenvalue weighted by Gasteiger charge is 2.21. The molecule has 0 radical (unpaired) electrons.